The summed E-state index contributed by atoms with van der Waals surface area (Å²) in [5.74, 6) is 1.26. The molecule has 1 unspecified atom stereocenters. The molecule has 0 spiro atoms. The third kappa shape index (κ3) is 5.07. The van der Waals surface area contributed by atoms with Gasteiger partial charge < -0.3 is 0 Å². The number of fused-ring (bicyclic) bond motifs is 1. The number of Topliss-reactive ketones (excluding diaryl/α,β-unsaturated/α-hetero) is 1. The summed E-state index contributed by atoms with van der Waals surface area (Å²) in [5.41, 5.74) is 2.74. The van der Waals surface area contributed by atoms with E-state index < -0.39 is 0 Å². The van der Waals surface area contributed by atoms with Gasteiger partial charge in [0.05, 0.1) is 17.8 Å². The molecule has 1 fully saturated rings. The van der Waals surface area contributed by atoms with E-state index in [2.05, 4.69) is 50.5 Å². The van der Waals surface area contributed by atoms with E-state index in [4.69, 9.17) is 0 Å². The molecule has 4 rings (SSSR count). The molecule has 2 heterocycles. The average molecular weight is 393 g/mol. The van der Waals surface area contributed by atoms with Crippen LogP contribution in [0.1, 0.15) is 47.8 Å². The fraction of sp³-hybridized carbons (Fsp3) is 0.478. The Bertz CT molecular complexity index is 876. The maximum atomic E-state index is 12.5. The summed E-state index contributed by atoms with van der Waals surface area (Å²) in [6, 6.07) is 10.6. The van der Waals surface area contributed by atoms with Crippen molar-refractivity contribution in [3.05, 3.63) is 53.3 Å². The van der Waals surface area contributed by atoms with Gasteiger partial charge >= 0.3 is 0 Å². The second-order valence-corrected chi connectivity index (χ2v) is 8.45. The van der Waals surface area contributed by atoms with Gasteiger partial charge in [-0.05, 0) is 56.2 Å². The molecule has 1 N–H and O–H groups in total. The van der Waals surface area contributed by atoms with E-state index in [1.165, 1.54) is 5.56 Å². The van der Waals surface area contributed by atoms with Crippen molar-refractivity contribution < 1.29 is 9.59 Å². The van der Waals surface area contributed by atoms with Crippen LogP contribution in [0.15, 0.2) is 36.5 Å². The Labute approximate surface area is 171 Å². The van der Waals surface area contributed by atoms with Crippen LogP contribution in [-0.2, 0) is 17.6 Å². The Kier molecular flexibility index (Phi) is 6.00. The SMILES string of the molecule is CC1CC(=O)c2cnc(NC(=O)CN3CCC(Cc4ccccc4)CC3)nc2C1. The van der Waals surface area contributed by atoms with E-state index in [-0.39, 0.29) is 17.6 Å². The fourth-order valence-electron chi connectivity index (χ4n) is 4.36. The van der Waals surface area contributed by atoms with Gasteiger partial charge in [-0.1, -0.05) is 37.3 Å². The van der Waals surface area contributed by atoms with Crippen LogP contribution in [0.3, 0.4) is 0 Å². The second kappa shape index (κ2) is 8.82. The highest BCUT2D eigenvalue weighted by Crippen LogP contribution is 2.24. The van der Waals surface area contributed by atoms with Gasteiger partial charge in [0, 0.05) is 12.6 Å². The lowest BCUT2D eigenvalue weighted by Gasteiger charge is -2.31. The number of piperidine rings is 1. The van der Waals surface area contributed by atoms with E-state index in [0.29, 0.717) is 30.4 Å². The normalized spacial score (nSPS) is 20.3. The molecule has 6 heteroatoms. The van der Waals surface area contributed by atoms with Crippen LogP contribution in [0.4, 0.5) is 5.95 Å². The van der Waals surface area contributed by atoms with Crippen molar-refractivity contribution >= 4 is 17.6 Å². The first-order valence-electron chi connectivity index (χ1n) is 10.5. The zero-order valence-corrected chi connectivity index (χ0v) is 16.9. The molecule has 152 valence electrons. The minimum Gasteiger partial charge on any atom is -0.294 e. The van der Waals surface area contributed by atoms with Crippen molar-refractivity contribution in [2.75, 3.05) is 25.0 Å². The molecule has 2 aromatic rings. The Morgan fingerprint density at radius 1 is 1.17 bits per heavy atom. The zero-order chi connectivity index (χ0) is 20.2. The first-order chi connectivity index (χ1) is 14.1. The highest BCUT2D eigenvalue weighted by Gasteiger charge is 2.25. The number of hydrogen-bond donors (Lipinski definition) is 1. The van der Waals surface area contributed by atoms with E-state index in [0.717, 1.165) is 44.5 Å². The monoisotopic (exact) mass is 392 g/mol. The minimum absolute atomic E-state index is 0.0926. The van der Waals surface area contributed by atoms with Crippen LogP contribution < -0.4 is 5.32 Å². The summed E-state index contributed by atoms with van der Waals surface area (Å²) in [6.45, 7) is 4.26. The number of ketones is 1. The molecule has 1 aliphatic carbocycles. The van der Waals surface area contributed by atoms with Gasteiger partial charge in [-0.25, -0.2) is 9.97 Å². The smallest absolute Gasteiger partial charge is 0.240 e. The molecule has 1 atom stereocenters. The Balaban J connectivity index is 1.26. The number of hydrogen-bond acceptors (Lipinski definition) is 5. The molecule has 0 saturated carbocycles. The molecular formula is C23H28N4O2. The number of aromatic nitrogens is 2. The number of benzene rings is 1. The van der Waals surface area contributed by atoms with Crippen molar-refractivity contribution in [1.29, 1.82) is 0 Å². The van der Waals surface area contributed by atoms with Gasteiger partial charge in [0.1, 0.15) is 0 Å². The van der Waals surface area contributed by atoms with Crippen molar-refractivity contribution in [1.82, 2.24) is 14.9 Å². The molecule has 1 aromatic carbocycles. The third-order valence-corrected chi connectivity index (χ3v) is 5.94. The second-order valence-electron chi connectivity index (χ2n) is 8.45. The number of carbonyl (C=O) groups excluding carboxylic acids is 2. The largest absolute Gasteiger partial charge is 0.294 e. The van der Waals surface area contributed by atoms with Crippen LogP contribution in [0, 0.1) is 11.8 Å². The van der Waals surface area contributed by atoms with E-state index in [1.54, 1.807) is 6.20 Å². The van der Waals surface area contributed by atoms with E-state index in [9.17, 15) is 9.59 Å². The highest BCUT2D eigenvalue weighted by molar-refractivity contribution is 5.98. The van der Waals surface area contributed by atoms with Crippen LogP contribution in [0.5, 0.6) is 0 Å². The Hall–Kier alpha value is -2.60. The number of rotatable bonds is 5. The van der Waals surface area contributed by atoms with E-state index >= 15 is 0 Å². The van der Waals surface area contributed by atoms with Crippen LogP contribution in [-0.4, -0.2) is 46.2 Å². The molecule has 29 heavy (non-hydrogen) atoms. The standard InChI is InChI=1S/C23H28N4O2/c1-16-11-20-19(21(28)12-16)14-24-23(25-20)26-22(29)15-27-9-7-18(8-10-27)13-17-5-3-2-4-6-17/h2-6,14,16,18H,7-13,15H2,1H3,(H,24,25,26,29). The number of anilines is 1. The topological polar surface area (TPSA) is 75.2 Å². The summed E-state index contributed by atoms with van der Waals surface area (Å²) >= 11 is 0. The average Bonchev–Trinajstić information content (AvgIpc) is 2.70. The predicted octanol–water partition coefficient (Wildman–Crippen LogP) is 3.13. The molecule has 1 aromatic heterocycles. The quantitative estimate of drug-likeness (QED) is 0.846. The van der Waals surface area contributed by atoms with Crippen molar-refractivity contribution in [2.24, 2.45) is 11.8 Å². The van der Waals surface area contributed by atoms with Gasteiger partial charge in [-0.15, -0.1) is 0 Å². The number of nitrogens with one attached hydrogen (secondary N) is 1. The van der Waals surface area contributed by atoms with Crippen molar-refractivity contribution in [2.45, 2.75) is 39.0 Å². The van der Waals surface area contributed by atoms with Gasteiger partial charge in [0.25, 0.3) is 0 Å². The maximum absolute atomic E-state index is 12.5. The lowest BCUT2D eigenvalue weighted by molar-refractivity contribution is -0.117. The van der Waals surface area contributed by atoms with Gasteiger partial charge in [-0.2, -0.15) is 0 Å². The summed E-state index contributed by atoms with van der Waals surface area (Å²) in [6.07, 6.45) is 6.18. The summed E-state index contributed by atoms with van der Waals surface area (Å²) in [4.78, 5) is 35.3. The zero-order valence-electron chi connectivity index (χ0n) is 16.9. The van der Waals surface area contributed by atoms with Crippen LogP contribution in [0.25, 0.3) is 0 Å². The molecule has 1 aliphatic heterocycles. The Morgan fingerprint density at radius 2 is 1.93 bits per heavy atom. The predicted molar refractivity (Wildman–Crippen MR) is 112 cm³/mol. The molecule has 0 bridgehead atoms. The summed E-state index contributed by atoms with van der Waals surface area (Å²) < 4.78 is 0. The maximum Gasteiger partial charge on any atom is 0.240 e. The number of nitrogens with zero attached hydrogens (tertiary/aromatic N) is 3. The fourth-order valence-corrected chi connectivity index (χ4v) is 4.36. The molecule has 1 amide bonds. The molecule has 2 aliphatic rings. The van der Waals surface area contributed by atoms with E-state index in [1.807, 2.05) is 6.92 Å². The summed E-state index contributed by atoms with van der Waals surface area (Å²) in [5, 5.41) is 2.81. The third-order valence-electron chi connectivity index (χ3n) is 5.94. The van der Waals surface area contributed by atoms with Gasteiger partial charge in [0.2, 0.25) is 11.9 Å². The summed E-state index contributed by atoms with van der Waals surface area (Å²) in [7, 11) is 0. The Morgan fingerprint density at radius 3 is 2.69 bits per heavy atom. The molecule has 1 saturated heterocycles. The lowest BCUT2D eigenvalue weighted by Crippen LogP contribution is -2.39. The molecular weight excluding hydrogens is 364 g/mol. The van der Waals surface area contributed by atoms with Gasteiger partial charge in [0.15, 0.2) is 5.78 Å². The number of amides is 1. The molecule has 6 nitrogen and oxygen atoms in total. The van der Waals surface area contributed by atoms with Crippen molar-refractivity contribution in [3.63, 3.8) is 0 Å². The van der Waals surface area contributed by atoms with Crippen LogP contribution in [0.2, 0.25) is 0 Å². The first-order valence-corrected chi connectivity index (χ1v) is 10.5. The van der Waals surface area contributed by atoms with Crippen LogP contribution >= 0.6 is 0 Å². The minimum atomic E-state index is -0.0957. The lowest BCUT2D eigenvalue weighted by atomic mass is 9.88. The van der Waals surface area contributed by atoms with Gasteiger partial charge in [-0.3, -0.25) is 19.8 Å². The molecule has 0 radical (unpaired) electrons. The highest BCUT2D eigenvalue weighted by atomic mass is 16.2. The number of carbonyl (C=O) groups is 2. The number of likely N-dealkylation sites (tertiary alicyclic amines) is 1. The van der Waals surface area contributed by atoms with Crippen molar-refractivity contribution in [3.8, 4) is 0 Å². The first kappa shape index (κ1) is 19.7.